The molecule has 0 fully saturated rings. The van der Waals surface area contributed by atoms with Crippen LogP contribution in [0.25, 0.3) is 0 Å². The van der Waals surface area contributed by atoms with Gasteiger partial charge < -0.3 is 9.26 Å². The summed E-state index contributed by atoms with van der Waals surface area (Å²) in [4.78, 5) is 11.2. The van der Waals surface area contributed by atoms with Crippen molar-refractivity contribution in [3.63, 3.8) is 0 Å². The number of nitriles is 1. The molecule has 0 unspecified atom stereocenters. The lowest BCUT2D eigenvalue weighted by atomic mass is 10.2. The second-order valence-electron chi connectivity index (χ2n) is 2.91. The molecule has 5 nitrogen and oxygen atoms in total. The highest BCUT2D eigenvalue weighted by Crippen LogP contribution is 2.08. The summed E-state index contributed by atoms with van der Waals surface area (Å²) in [5.41, 5.74) is 0.184. The van der Waals surface area contributed by atoms with Gasteiger partial charge in [0.2, 0.25) is 0 Å². The molecule has 0 bridgehead atoms. The zero-order chi connectivity index (χ0) is 11.1. The molecule has 1 rings (SSSR count). The van der Waals surface area contributed by atoms with Gasteiger partial charge in [0.05, 0.1) is 12.7 Å². The molecule has 0 saturated heterocycles. The van der Waals surface area contributed by atoms with Gasteiger partial charge in [-0.05, 0) is 13.3 Å². The first-order valence-corrected chi connectivity index (χ1v) is 4.77. The van der Waals surface area contributed by atoms with Crippen LogP contribution in [0.5, 0.6) is 0 Å². The lowest BCUT2D eigenvalue weighted by Gasteiger charge is -1.94. The Bertz CT molecular complexity index is 365. The van der Waals surface area contributed by atoms with E-state index in [0.29, 0.717) is 31.6 Å². The summed E-state index contributed by atoms with van der Waals surface area (Å²) in [6, 6.07) is 3.59. The van der Waals surface area contributed by atoms with Gasteiger partial charge in [0.15, 0.2) is 5.69 Å². The van der Waals surface area contributed by atoms with E-state index in [4.69, 9.17) is 14.5 Å². The average molecular weight is 208 g/mol. The van der Waals surface area contributed by atoms with Gasteiger partial charge in [0.1, 0.15) is 5.76 Å². The SMILES string of the molecule is CCOC(=O)c1cc(CCCC#N)on1. The predicted octanol–water partition coefficient (Wildman–Crippen LogP) is 1.70. The quantitative estimate of drug-likeness (QED) is 0.543. The number of hydrogen-bond acceptors (Lipinski definition) is 5. The Labute approximate surface area is 87.6 Å². The van der Waals surface area contributed by atoms with Gasteiger partial charge in [-0.3, -0.25) is 0 Å². The van der Waals surface area contributed by atoms with Crippen molar-refractivity contribution in [2.24, 2.45) is 0 Å². The molecule has 0 aliphatic heterocycles. The maximum absolute atomic E-state index is 11.2. The summed E-state index contributed by atoms with van der Waals surface area (Å²) in [5.74, 6) is 0.126. The molecule has 1 heterocycles. The van der Waals surface area contributed by atoms with Crippen LogP contribution in [-0.4, -0.2) is 17.7 Å². The highest BCUT2D eigenvalue weighted by Gasteiger charge is 2.12. The van der Waals surface area contributed by atoms with E-state index in [2.05, 4.69) is 5.16 Å². The van der Waals surface area contributed by atoms with Crippen LogP contribution in [0.1, 0.15) is 36.0 Å². The molecule has 0 aromatic carbocycles. The lowest BCUT2D eigenvalue weighted by Crippen LogP contribution is -2.04. The predicted molar refractivity (Wildman–Crippen MR) is 51.0 cm³/mol. The summed E-state index contributed by atoms with van der Waals surface area (Å²) in [7, 11) is 0. The largest absolute Gasteiger partial charge is 0.461 e. The third-order valence-electron chi connectivity index (χ3n) is 1.76. The van der Waals surface area contributed by atoms with Crippen LogP contribution in [0.3, 0.4) is 0 Å². The molecule has 1 aromatic rings. The Hall–Kier alpha value is -1.83. The molecule has 5 heteroatoms. The van der Waals surface area contributed by atoms with Crippen LogP contribution in [0.15, 0.2) is 10.6 Å². The smallest absolute Gasteiger partial charge is 0.360 e. The van der Waals surface area contributed by atoms with Crippen molar-refractivity contribution in [2.45, 2.75) is 26.2 Å². The molecule has 0 radical (unpaired) electrons. The number of carbonyl (C=O) groups is 1. The fraction of sp³-hybridized carbons (Fsp3) is 0.500. The average Bonchev–Trinajstić information content (AvgIpc) is 2.67. The van der Waals surface area contributed by atoms with E-state index in [1.807, 2.05) is 6.07 Å². The van der Waals surface area contributed by atoms with Crippen molar-refractivity contribution >= 4 is 5.97 Å². The maximum atomic E-state index is 11.2. The summed E-state index contributed by atoms with van der Waals surface area (Å²) in [6.45, 7) is 2.04. The maximum Gasteiger partial charge on any atom is 0.360 e. The van der Waals surface area contributed by atoms with E-state index < -0.39 is 5.97 Å². The third kappa shape index (κ3) is 3.43. The number of aromatic nitrogens is 1. The Kier molecular flexibility index (Phi) is 4.35. The molecule has 0 N–H and O–H groups in total. The highest BCUT2D eigenvalue weighted by atomic mass is 16.5. The van der Waals surface area contributed by atoms with E-state index in [1.165, 1.54) is 0 Å². The molecule has 0 atom stereocenters. The number of carbonyl (C=O) groups excluding carboxylic acids is 1. The summed E-state index contributed by atoms with van der Waals surface area (Å²) in [6.07, 6.45) is 1.78. The minimum absolute atomic E-state index is 0.184. The number of ether oxygens (including phenoxy) is 1. The minimum atomic E-state index is -0.479. The standard InChI is InChI=1S/C10H12N2O3/c1-2-14-10(13)9-7-8(15-12-9)5-3-4-6-11/h7H,2-5H2,1H3. The first-order valence-electron chi connectivity index (χ1n) is 4.77. The number of rotatable bonds is 5. The van der Waals surface area contributed by atoms with Crippen LogP contribution < -0.4 is 0 Å². The third-order valence-corrected chi connectivity index (χ3v) is 1.76. The molecule has 0 aliphatic rings. The normalized spacial score (nSPS) is 9.60. The van der Waals surface area contributed by atoms with Crippen LogP contribution in [-0.2, 0) is 11.2 Å². The van der Waals surface area contributed by atoms with Crippen molar-refractivity contribution in [1.82, 2.24) is 5.16 Å². The summed E-state index contributed by atoms with van der Waals surface area (Å²) < 4.78 is 9.67. The van der Waals surface area contributed by atoms with E-state index in [-0.39, 0.29) is 5.69 Å². The van der Waals surface area contributed by atoms with Gasteiger partial charge in [-0.1, -0.05) is 5.16 Å². The van der Waals surface area contributed by atoms with Crippen molar-refractivity contribution < 1.29 is 14.1 Å². The number of unbranched alkanes of at least 4 members (excludes halogenated alkanes) is 1. The zero-order valence-corrected chi connectivity index (χ0v) is 8.52. The van der Waals surface area contributed by atoms with Gasteiger partial charge in [-0.15, -0.1) is 0 Å². The number of esters is 1. The molecule has 0 spiro atoms. The van der Waals surface area contributed by atoms with E-state index in [1.54, 1.807) is 13.0 Å². The van der Waals surface area contributed by atoms with Crippen LogP contribution in [0, 0.1) is 11.3 Å². The molecular weight excluding hydrogens is 196 g/mol. The fourth-order valence-corrected chi connectivity index (χ4v) is 1.07. The number of nitrogens with zero attached hydrogens (tertiary/aromatic N) is 2. The van der Waals surface area contributed by atoms with Gasteiger partial charge in [0.25, 0.3) is 0 Å². The molecule has 15 heavy (non-hydrogen) atoms. The van der Waals surface area contributed by atoms with Gasteiger partial charge >= 0.3 is 5.97 Å². The van der Waals surface area contributed by atoms with E-state index >= 15 is 0 Å². The van der Waals surface area contributed by atoms with Crippen molar-refractivity contribution in [1.29, 1.82) is 5.26 Å². The highest BCUT2D eigenvalue weighted by molar-refractivity contribution is 5.87. The fourth-order valence-electron chi connectivity index (χ4n) is 1.07. The van der Waals surface area contributed by atoms with Gasteiger partial charge in [0, 0.05) is 18.9 Å². The molecule has 80 valence electrons. The van der Waals surface area contributed by atoms with Crippen molar-refractivity contribution in [3.05, 3.63) is 17.5 Å². The van der Waals surface area contributed by atoms with Gasteiger partial charge in [-0.2, -0.15) is 5.26 Å². The minimum Gasteiger partial charge on any atom is -0.461 e. The summed E-state index contributed by atoms with van der Waals surface area (Å²) in [5, 5.41) is 11.9. The van der Waals surface area contributed by atoms with Gasteiger partial charge in [-0.25, -0.2) is 4.79 Å². The first kappa shape index (κ1) is 11.2. The van der Waals surface area contributed by atoms with E-state index in [0.717, 1.165) is 0 Å². The number of aryl methyl sites for hydroxylation is 1. The Morgan fingerprint density at radius 2 is 2.53 bits per heavy atom. The molecule has 0 saturated carbocycles. The molecule has 0 amide bonds. The van der Waals surface area contributed by atoms with Crippen molar-refractivity contribution in [2.75, 3.05) is 6.61 Å². The lowest BCUT2D eigenvalue weighted by molar-refractivity contribution is 0.0514. The second-order valence-corrected chi connectivity index (χ2v) is 2.91. The van der Waals surface area contributed by atoms with Crippen molar-refractivity contribution in [3.8, 4) is 6.07 Å². The zero-order valence-electron chi connectivity index (χ0n) is 8.52. The van der Waals surface area contributed by atoms with Crippen LogP contribution in [0.2, 0.25) is 0 Å². The monoisotopic (exact) mass is 208 g/mol. The van der Waals surface area contributed by atoms with E-state index in [9.17, 15) is 4.79 Å². The second kappa shape index (κ2) is 5.81. The molecule has 0 aliphatic carbocycles. The Morgan fingerprint density at radius 3 is 3.20 bits per heavy atom. The van der Waals surface area contributed by atoms with Crippen LogP contribution in [0.4, 0.5) is 0 Å². The molecular formula is C10H12N2O3. The van der Waals surface area contributed by atoms with Crippen LogP contribution >= 0.6 is 0 Å². The summed E-state index contributed by atoms with van der Waals surface area (Å²) >= 11 is 0. The Balaban J connectivity index is 2.49. The molecule has 1 aromatic heterocycles. The Morgan fingerprint density at radius 1 is 1.73 bits per heavy atom. The topological polar surface area (TPSA) is 76.1 Å². The first-order chi connectivity index (χ1) is 7.27. The number of hydrogen-bond donors (Lipinski definition) is 0.